The quantitative estimate of drug-likeness (QED) is 0.850. The van der Waals surface area contributed by atoms with Crippen molar-refractivity contribution in [3.8, 4) is 0 Å². The SMILES string of the molecule is N[C@@H](c1ccccc1)c1noc(C2CC2)n1. The van der Waals surface area contributed by atoms with E-state index in [1.807, 2.05) is 30.3 Å². The molecule has 1 aromatic carbocycles. The van der Waals surface area contributed by atoms with Gasteiger partial charge in [-0.15, -0.1) is 0 Å². The first kappa shape index (κ1) is 9.54. The average Bonchev–Trinajstić information content (AvgIpc) is 3.08. The molecule has 4 heteroatoms. The fourth-order valence-electron chi connectivity index (χ4n) is 1.68. The highest BCUT2D eigenvalue weighted by molar-refractivity contribution is 5.23. The van der Waals surface area contributed by atoms with Gasteiger partial charge in [0.15, 0.2) is 5.82 Å². The van der Waals surface area contributed by atoms with Gasteiger partial charge >= 0.3 is 0 Å². The Labute approximate surface area is 93.5 Å². The van der Waals surface area contributed by atoms with Crippen LogP contribution in [-0.4, -0.2) is 10.1 Å². The van der Waals surface area contributed by atoms with Gasteiger partial charge in [0.1, 0.15) is 0 Å². The van der Waals surface area contributed by atoms with Crippen molar-refractivity contribution < 1.29 is 4.52 Å². The lowest BCUT2D eigenvalue weighted by Crippen LogP contribution is -2.13. The number of nitrogens with two attached hydrogens (primary N) is 1. The summed E-state index contributed by atoms with van der Waals surface area (Å²) in [7, 11) is 0. The van der Waals surface area contributed by atoms with Crippen LogP contribution in [-0.2, 0) is 0 Å². The summed E-state index contributed by atoms with van der Waals surface area (Å²) in [5, 5.41) is 3.94. The third-order valence-corrected chi connectivity index (χ3v) is 2.82. The predicted molar refractivity (Wildman–Crippen MR) is 58.7 cm³/mol. The minimum atomic E-state index is -0.294. The fourth-order valence-corrected chi connectivity index (χ4v) is 1.68. The second-order valence-corrected chi connectivity index (χ2v) is 4.15. The van der Waals surface area contributed by atoms with Crippen molar-refractivity contribution in [2.75, 3.05) is 0 Å². The maximum atomic E-state index is 6.07. The second-order valence-electron chi connectivity index (χ2n) is 4.15. The van der Waals surface area contributed by atoms with Crippen LogP contribution in [0.15, 0.2) is 34.9 Å². The van der Waals surface area contributed by atoms with Crippen molar-refractivity contribution in [2.24, 2.45) is 5.73 Å². The molecule has 0 amide bonds. The van der Waals surface area contributed by atoms with Crippen LogP contribution in [0.25, 0.3) is 0 Å². The van der Waals surface area contributed by atoms with Crippen LogP contribution >= 0.6 is 0 Å². The van der Waals surface area contributed by atoms with E-state index in [-0.39, 0.29) is 6.04 Å². The minimum Gasteiger partial charge on any atom is -0.339 e. The van der Waals surface area contributed by atoms with E-state index in [2.05, 4.69) is 10.1 Å². The van der Waals surface area contributed by atoms with Crippen LogP contribution in [0.2, 0.25) is 0 Å². The van der Waals surface area contributed by atoms with Crippen LogP contribution in [0, 0.1) is 0 Å². The van der Waals surface area contributed by atoms with E-state index in [1.165, 1.54) is 0 Å². The Morgan fingerprint density at radius 2 is 2.00 bits per heavy atom. The molecule has 3 rings (SSSR count). The zero-order chi connectivity index (χ0) is 11.0. The summed E-state index contributed by atoms with van der Waals surface area (Å²) in [6.07, 6.45) is 2.31. The summed E-state index contributed by atoms with van der Waals surface area (Å²) in [6.45, 7) is 0. The van der Waals surface area contributed by atoms with Crippen LogP contribution in [0.1, 0.15) is 42.1 Å². The molecule has 2 aromatic rings. The van der Waals surface area contributed by atoms with Crippen LogP contribution in [0.3, 0.4) is 0 Å². The van der Waals surface area contributed by atoms with Gasteiger partial charge in [0, 0.05) is 5.92 Å². The van der Waals surface area contributed by atoms with E-state index in [4.69, 9.17) is 10.3 Å². The molecule has 1 saturated carbocycles. The largest absolute Gasteiger partial charge is 0.339 e. The lowest BCUT2D eigenvalue weighted by Gasteiger charge is -2.05. The van der Waals surface area contributed by atoms with Crippen LogP contribution in [0.4, 0.5) is 0 Å². The molecule has 0 saturated heterocycles. The summed E-state index contributed by atoms with van der Waals surface area (Å²) in [4.78, 5) is 4.35. The number of nitrogens with zero attached hydrogens (tertiary/aromatic N) is 2. The van der Waals surface area contributed by atoms with Crippen molar-refractivity contribution in [1.29, 1.82) is 0 Å². The summed E-state index contributed by atoms with van der Waals surface area (Å²) in [5.41, 5.74) is 7.07. The normalized spacial score (nSPS) is 17.3. The highest BCUT2D eigenvalue weighted by atomic mass is 16.5. The molecule has 4 nitrogen and oxygen atoms in total. The van der Waals surface area contributed by atoms with Crippen molar-refractivity contribution in [3.63, 3.8) is 0 Å². The summed E-state index contributed by atoms with van der Waals surface area (Å²) >= 11 is 0. The number of hydrogen-bond donors (Lipinski definition) is 1. The zero-order valence-electron chi connectivity index (χ0n) is 8.84. The Balaban J connectivity index is 1.85. The molecular formula is C12H13N3O. The minimum absolute atomic E-state index is 0.294. The number of hydrogen-bond acceptors (Lipinski definition) is 4. The molecule has 0 radical (unpaired) electrons. The molecule has 1 aliphatic carbocycles. The lowest BCUT2D eigenvalue weighted by molar-refractivity contribution is 0.372. The predicted octanol–water partition coefficient (Wildman–Crippen LogP) is 2.00. The van der Waals surface area contributed by atoms with E-state index in [0.29, 0.717) is 11.7 Å². The molecular weight excluding hydrogens is 202 g/mol. The number of rotatable bonds is 3. The number of benzene rings is 1. The van der Waals surface area contributed by atoms with Crippen molar-refractivity contribution >= 4 is 0 Å². The van der Waals surface area contributed by atoms with Gasteiger partial charge in [-0.3, -0.25) is 0 Å². The van der Waals surface area contributed by atoms with Gasteiger partial charge in [-0.05, 0) is 18.4 Å². The molecule has 0 aliphatic heterocycles. The van der Waals surface area contributed by atoms with Crippen molar-refractivity contribution in [2.45, 2.75) is 24.8 Å². The fraction of sp³-hybridized carbons (Fsp3) is 0.333. The molecule has 0 spiro atoms. The summed E-state index contributed by atoms with van der Waals surface area (Å²) in [5.74, 6) is 1.79. The molecule has 2 N–H and O–H groups in total. The van der Waals surface area contributed by atoms with Crippen molar-refractivity contribution in [3.05, 3.63) is 47.6 Å². The maximum Gasteiger partial charge on any atom is 0.229 e. The van der Waals surface area contributed by atoms with Gasteiger partial charge in [-0.25, -0.2) is 0 Å². The first-order valence-corrected chi connectivity index (χ1v) is 5.48. The van der Waals surface area contributed by atoms with Crippen LogP contribution < -0.4 is 5.73 Å². The van der Waals surface area contributed by atoms with Crippen LogP contribution in [0.5, 0.6) is 0 Å². The molecule has 82 valence electrons. The van der Waals surface area contributed by atoms with E-state index in [0.717, 1.165) is 24.3 Å². The van der Waals surface area contributed by atoms with Crippen molar-refractivity contribution in [1.82, 2.24) is 10.1 Å². The lowest BCUT2D eigenvalue weighted by atomic mass is 10.1. The molecule has 1 aliphatic rings. The summed E-state index contributed by atoms with van der Waals surface area (Å²) in [6, 6.07) is 9.52. The van der Waals surface area contributed by atoms with Gasteiger partial charge < -0.3 is 10.3 Å². The van der Waals surface area contributed by atoms with Gasteiger partial charge in [0.25, 0.3) is 0 Å². The van der Waals surface area contributed by atoms with Gasteiger partial charge in [0.2, 0.25) is 5.89 Å². The highest BCUT2D eigenvalue weighted by Gasteiger charge is 2.30. The standard InChI is InChI=1S/C12H13N3O/c13-10(8-4-2-1-3-5-8)11-14-12(16-15-11)9-6-7-9/h1-5,9-10H,6-7,13H2/t10-/m0/s1. The first-order chi connectivity index (χ1) is 7.84. The zero-order valence-corrected chi connectivity index (χ0v) is 8.84. The Hall–Kier alpha value is -1.68. The molecule has 1 aromatic heterocycles. The third-order valence-electron chi connectivity index (χ3n) is 2.82. The maximum absolute atomic E-state index is 6.07. The summed E-state index contributed by atoms with van der Waals surface area (Å²) < 4.78 is 5.19. The molecule has 0 bridgehead atoms. The molecule has 16 heavy (non-hydrogen) atoms. The Kier molecular flexibility index (Phi) is 2.22. The monoisotopic (exact) mass is 215 g/mol. The van der Waals surface area contributed by atoms with E-state index < -0.39 is 0 Å². The third kappa shape index (κ3) is 1.72. The van der Waals surface area contributed by atoms with Gasteiger partial charge in [0.05, 0.1) is 6.04 Å². The number of aromatic nitrogens is 2. The second kappa shape index (κ2) is 3.72. The highest BCUT2D eigenvalue weighted by Crippen LogP contribution is 2.39. The Morgan fingerprint density at radius 1 is 1.25 bits per heavy atom. The van der Waals surface area contributed by atoms with Gasteiger partial charge in [-0.2, -0.15) is 4.98 Å². The smallest absolute Gasteiger partial charge is 0.229 e. The molecule has 1 heterocycles. The topological polar surface area (TPSA) is 64.9 Å². The van der Waals surface area contributed by atoms with E-state index >= 15 is 0 Å². The molecule has 1 fully saturated rings. The van der Waals surface area contributed by atoms with E-state index in [1.54, 1.807) is 0 Å². The molecule has 1 atom stereocenters. The van der Waals surface area contributed by atoms with E-state index in [9.17, 15) is 0 Å². The first-order valence-electron chi connectivity index (χ1n) is 5.48. The Morgan fingerprint density at radius 3 is 2.69 bits per heavy atom. The Bertz CT molecular complexity index is 476. The van der Waals surface area contributed by atoms with Gasteiger partial charge in [-0.1, -0.05) is 35.5 Å². The average molecular weight is 215 g/mol. The molecule has 0 unspecified atom stereocenters.